The van der Waals surface area contributed by atoms with Crippen LogP contribution in [-0.2, 0) is 55.8 Å². The molecule has 2 aromatic rings. The molecule has 4 rings (SSSR count). The predicted octanol–water partition coefficient (Wildman–Crippen LogP) is 4.08. The SMILES string of the molecule is CC(=O)O[C@H](CCC[C@]12O[C@H](C(=O)O)[C@@](O)(C(=O)O)[C@](C(=O)O)(O1)[C@H](OC(=O)CCC=C[C@H](C)CCCc1ccccc1)[C@H]2O)[C@H](C)Cc1ccccc1. The minimum atomic E-state index is -3.86. The number of hydrogen-bond donors (Lipinski definition) is 5. The number of ether oxygens (including phenoxy) is 4. The van der Waals surface area contributed by atoms with Crippen LogP contribution in [0.15, 0.2) is 72.8 Å². The first-order chi connectivity index (χ1) is 25.6. The Kier molecular flexibility index (Phi) is 14.1. The minimum absolute atomic E-state index is 0.0311. The number of aliphatic hydroxyl groups is 2. The van der Waals surface area contributed by atoms with E-state index in [4.69, 9.17) is 18.9 Å². The number of carboxylic acids is 3. The maximum absolute atomic E-state index is 13.2. The van der Waals surface area contributed by atoms with E-state index < -0.39 is 77.7 Å². The lowest BCUT2D eigenvalue weighted by Crippen LogP contribution is -2.78. The van der Waals surface area contributed by atoms with Gasteiger partial charge in [-0.2, -0.15) is 0 Å². The number of aliphatic carboxylic acids is 3. The van der Waals surface area contributed by atoms with Crippen LogP contribution in [0.5, 0.6) is 0 Å². The highest BCUT2D eigenvalue weighted by Crippen LogP contribution is 2.55. The number of carboxylic acid groups (broad SMARTS) is 3. The number of carbonyl (C=O) groups excluding carboxylic acids is 2. The molecule has 2 aliphatic rings. The molecular formula is C40H50O14. The van der Waals surface area contributed by atoms with E-state index >= 15 is 0 Å². The summed E-state index contributed by atoms with van der Waals surface area (Å²) in [5.74, 6) is -10.8. The second-order valence-corrected chi connectivity index (χ2v) is 14.2. The van der Waals surface area contributed by atoms with Crippen LogP contribution in [0.25, 0.3) is 0 Å². The second kappa shape index (κ2) is 18.1. The highest BCUT2D eigenvalue weighted by atomic mass is 16.8. The quantitative estimate of drug-likeness (QED) is 0.0950. The van der Waals surface area contributed by atoms with Crippen molar-refractivity contribution < 1.29 is 68.5 Å². The van der Waals surface area contributed by atoms with Crippen molar-refractivity contribution in [2.75, 3.05) is 0 Å². The summed E-state index contributed by atoms with van der Waals surface area (Å²) in [7, 11) is 0. The topological polar surface area (TPSA) is 223 Å². The third kappa shape index (κ3) is 9.17. The number of benzene rings is 2. The number of fused-ring (bicyclic) bond motifs is 2. The molecule has 0 spiro atoms. The van der Waals surface area contributed by atoms with Gasteiger partial charge in [-0.25, -0.2) is 14.4 Å². The summed E-state index contributed by atoms with van der Waals surface area (Å²) in [5.41, 5.74) is -5.16. The van der Waals surface area contributed by atoms with Crippen molar-refractivity contribution in [2.45, 2.75) is 120 Å². The Morgan fingerprint density at radius 2 is 1.52 bits per heavy atom. The molecule has 2 heterocycles. The molecule has 2 fully saturated rings. The van der Waals surface area contributed by atoms with Gasteiger partial charge in [0.1, 0.15) is 12.2 Å². The zero-order chi connectivity index (χ0) is 39.7. The maximum Gasteiger partial charge on any atom is 0.344 e. The standard InChI is InChI=1S/C40H50O14/c1-25(15-12-20-28-16-6-4-7-17-28)14-10-11-22-31(42)52-33-32(43)38(53-34(35(44)45)39(50,36(46)47)40(33,54-38)37(48)49)23-13-21-30(51-27(3)41)26(2)24-29-18-8-5-9-19-29/h4-10,14,16-19,25-26,30,32-34,43,50H,11-13,15,20-24H2,1-3H3,(H,44,45)(H,46,47)(H,48,49)/t25-,26+,30+,32+,33+,34+,38-,39+,40-/m0/s1. The molecule has 294 valence electrons. The number of aliphatic hydroxyl groups excluding tert-OH is 1. The summed E-state index contributed by atoms with van der Waals surface area (Å²) >= 11 is 0. The molecule has 0 unspecified atom stereocenters. The van der Waals surface area contributed by atoms with Crippen LogP contribution in [0.2, 0.25) is 0 Å². The molecule has 2 aromatic carbocycles. The van der Waals surface area contributed by atoms with E-state index in [1.807, 2.05) is 68.5 Å². The van der Waals surface area contributed by atoms with Gasteiger partial charge in [0.05, 0.1) is 0 Å². The molecule has 14 nitrogen and oxygen atoms in total. The second-order valence-electron chi connectivity index (χ2n) is 14.2. The fourth-order valence-corrected chi connectivity index (χ4v) is 7.38. The molecule has 0 saturated carbocycles. The predicted molar refractivity (Wildman–Crippen MR) is 191 cm³/mol. The average Bonchev–Trinajstić information content (AvgIpc) is 3.33. The van der Waals surface area contributed by atoms with Gasteiger partial charge >= 0.3 is 29.8 Å². The van der Waals surface area contributed by atoms with Crippen molar-refractivity contribution in [1.29, 1.82) is 0 Å². The monoisotopic (exact) mass is 754 g/mol. The lowest BCUT2D eigenvalue weighted by Gasteiger charge is -2.48. The number of allylic oxidation sites excluding steroid dienone is 2. The molecule has 2 bridgehead atoms. The van der Waals surface area contributed by atoms with Gasteiger partial charge in [0.25, 0.3) is 0 Å². The summed E-state index contributed by atoms with van der Waals surface area (Å²) in [4.78, 5) is 63.2. The third-order valence-corrected chi connectivity index (χ3v) is 10.2. The Morgan fingerprint density at radius 1 is 0.889 bits per heavy atom. The molecule has 54 heavy (non-hydrogen) atoms. The fourth-order valence-electron chi connectivity index (χ4n) is 7.38. The van der Waals surface area contributed by atoms with Crippen molar-refractivity contribution >= 4 is 29.8 Å². The lowest BCUT2D eigenvalue weighted by atomic mass is 9.74. The van der Waals surface area contributed by atoms with Crippen LogP contribution in [0.1, 0.15) is 76.8 Å². The molecular weight excluding hydrogens is 704 g/mol. The van der Waals surface area contributed by atoms with E-state index in [2.05, 4.69) is 12.1 Å². The molecule has 2 aliphatic heterocycles. The Hall–Kier alpha value is -4.63. The number of carbonyl (C=O) groups is 5. The Morgan fingerprint density at radius 3 is 2.09 bits per heavy atom. The van der Waals surface area contributed by atoms with Crippen LogP contribution in [0.4, 0.5) is 0 Å². The molecule has 0 radical (unpaired) electrons. The van der Waals surface area contributed by atoms with Crippen molar-refractivity contribution in [2.24, 2.45) is 11.8 Å². The van der Waals surface area contributed by atoms with Gasteiger partial charge in [0, 0.05) is 19.8 Å². The van der Waals surface area contributed by atoms with E-state index in [0.717, 1.165) is 24.8 Å². The average molecular weight is 755 g/mol. The fraction of sp³-hybridized carbons (Fsp3) is 0.525. The first-order valence-electron chi connectivity index (χ1n) is 18.2. The van der Waals surface area contributed by atoms with Gasteiger partial charge in [-0.3, -0.25) is 9.59 Å². The summed E-state index contributed by atoms with van der Waals surface area (Å²) < 4.78 is 22.2. The van der Waals surface area contributed by atoms with Gasteiger partial charge in [-0.05, 0) is 67.9 Å². The van der Waals surface area contributed by atoms with Crippen molar-refractivity contribution in [3.8, 4) is 0 Å². The Bertz CT molecular complexity index is 1650. The molecule has 9 atom stereocenters. The number of esters is 2. The van der Waals surface area contributed by atoms with Crippen LogP contribution in [0, 0.1) is 11.8 Å². The zero-order valence-corrected chi connectivity index (χ0v) is 30.7. The minimum Gasteiger partial charge on any atom is -0.479 e. The third-order valence-electron chi connectivity index (χ3n) is 10.2. The largest absolute Gasteiger partial charge is 0.479 e. The number of hydrogen-bond acceptors (Lipinski definition) is 11. The van der Waals surface area contributed by atoms with Gasteiger partial charge in [-0.1, -0.05) is 86.7 Å². The number of rotatable bonds is 20. The van der Waals surface area contributed by atoms with E-state index in [0.29, 0.717) is 6.42 Å². The molecule has 5 N–H and O–H groups in total. The van der Waals surface area contributed by atoms with Crippen molar-refractivity contribution in [3.63, 3.8) is 0 Å². The Labute approximate surface area is 313 Å². The maximum atomic E-state index is 13.2. The first kappa shape index (κ1) is 42.1. The molecule has 0 aromatic heterocycles. The van der Waals surface area contributed by atoms with Crippen LogP contribution in [0.3, 0.4) is 0 Å². The zero-order valence-electron chi connectivity index (χ0n) is 30.7. The normalized spacial score (nSPS) is 27.8. The van der Waals surface area contributed by atoms with Crippen LogP contribution < -0.4 is 0 Å². The Balaban J connectivity index is 1.51. The van der Waals surface area contributed by atoms with E-state index in [-0.39, 0.29) is 37.5 Å². The molecule has 2 saturated heterocycles. The molecule has 0 aliphatic carbocycles. The summed E-state index contributed by atoms with van der Waals surface area (Å²) in [6.07, 6.45) is -1.75. The van der Waals surface area contributed by atoms with Gasteiger partial charge < -0.3 is 44.5 Å². The van der Waals surface area contributed by atoms with Crippen LogP contribution >= 0.6 is 0 Å². The summed E-state index contributed by atoms with van der Waals surface area (Å²) in [6, 6.07) is 19.4. The molecule has 14 heteroatoms. The summed E-state index contributed by atoms with van der Waals surface area (Å²) in [5, 5.41) is 53.7. The smallest absolute Gasteiger partial charge is 0.344 e. The molecule has 0 amide bonds. The van der Waals surface area contributed by atoms with Gasteiger partial charge in [-0.15, -0.1) is 0 Å². The summed E-state index contributed by atoms with van der Waals surface area (Å²) in [6.45, 7) is 5.12. The van der Waals surface area contributed by atoms with Gasteiger partial charge in [0.2, 0.25) is 23.1 Å². The van der Waals surface area contributed by atoms with E-state index in [1.165, 1.54) is 12.5 Å². The lowest BCUT2D eigenvalue weighted by molar-refractivity contribution is -0.374. The van der Waals surface area contributed by atoms with E-state index in [1.54, 1.807) is 6.08 Å². The van der Waals surface area contributed by atoms with Crippen LogP contribution in [-0.4, -0.2) is 96.8 Å². The van der Waals surface area contributed by atoms with Gasteiger partial charge in [0.15, 0.2) is 6.10 Å². The van der Waals surface area contributed by atoms with E-state index in [9.17, 15) is 49.5 Å². The van der Waals surface area contributed by atoms with Crippen molar-refractivity contribution in [3.05, 3.63) is 83.9 Å². The number of aryl methyl sites for hydroxylation is 1. The van der Waals surface area contributed by atoms with Crippen molar-refractivity contribution in [1.82, 2.24) is 0 Å². The first-order valence-corrected chi connectivity index (χ1v) is 18.2. The highest BCUT2D eigenvalue weighted by Gasteiger charge is 2.85. The highest BCUT2D eigenvalue weighted by molar-refractivity contribution is 5.98.